The van der Waals surface area contributed by atoms with Crippen molar-refractivity contribution in [2.75, 3.05) is 11.4 Å². The molecule has 2 aromatic carbocycles. The first kappa shape index (κ1) is 16.0. The summed E-state index contributed by atoms with van der Waals surface area (Å²) in [6.45, 7) is 4.29. The quantitative estimate of drug-likeness (QED) is 0.621. The number of hydrogen-bond acceptors (Lipinski definition) is 3. The summed E-state index contributed by atoms with van der Waals surface area (Å²) in [4.78, 5) is 21.0. The number of fused-ring (bicyclic) bond motifs is 2. The van der Waals surface area contributed by atoms with Crippen LogP contribution in [0.2, 0.25) is 0 Å². The van der Waals surface area contributed by atoms with Crippen LogP contribution >= 0.6 is 11.3 Å². The van der Waals surface area contributed by atoms with Gasteiger partial charge in [-0.25, -0.2) is 4.98 Å². The van der Waals surface area contributed by atoms with Gasteiger partial charge < -0.3 is 0 Å². The number of aromatic nitrogens is 1. The van der Waals surface area contributed by atoms with Crippen LogP contribution < -0.4 is 4.90 Å². The number of carbonyl (C=O) groups is 1. The third-order valence-electron chi connectivity index (χ3n) is 4.62. The van der Waals surface area contributed by atoms with Crippen molar-refractivity contribution in [1.82, 2.24) is 4.98 Å². The van der Waals surface area contributed by atoms with E-state index < -0.39 is 0 Å². The van der Waals surface area contributed by atoms with Crippen molar-refractivity contribution in [3.8, 4) is 0 Å². The molecule has 0 aliphatic heterocycles. The Hall–Kier alpha value is -2.46. The van der Waals surface area contributed by atoms with E-state index in [0.29, 0.717) is 12.1 Å². The van der Waals surface area contributed by atoms with Gasteiger partial charge in [0.1, 0.15) is 0 Å². The third-order valence-corrected chi connectivity index (χ3v) is 5.80. The van der Waals surface area contributed by atoms with Crippen LogP contribution in [0.5, 0.6) is 0 Å². The van der Waals surface area contributed by atoms with Crippen LogP contribution in [0.3, 0.4) is 0 Å². The zero-order chi connectivity index (χ0) is 17.2. The molecule has 0 bridgehead atoms. The van der Waals surface area contributed by atoms with Gasteiger partial charge in [-0.05, 0) is 48.6 Å². The van der Waals surface area contributed by atoms with Crippen molar-refractivity contribution in [2.45, 2.75) is 25.7 Å². The average Bonchev–Trinajstić information content (AvgIpc) is 3.09. The maximum atomic E-state index is 13.1. The van der Waals surface area contributed by atoms with Crippen molar-refractivity contribution in [3.05, 3.63) is 71.3 Å². The minimum absolute atomic E-state index is 0.0169. The first-order valence-corrected chi connectivity index (χ1v) is 9.48. The normalized spacial score (nSPS) is 13.4. The van der Waals surface area contributed by atoms with Crippen LogP contribution in [0.15, 0.2) is 55.1 Å². The van der Waals surface area contributed by atoms with E-state index in [1.807, 2.05) is 36.4 Å². The standard InChI is InChI=1S/C21H20N2OS/c1-2-13-23(21-22-18-9-5-6-10-19(18)25-21)20(24)17-12-11-15-7-3-4-8-16(15)14-17/h2-4,7-8,11-12,14H,1,5-6,9-10,13H2. The molecule has 0 radical (unpaired) electrons. The number of rotatable bonds is 4. The summed E-state index contributed by atoms with van der Waals surface area (Å²) < 4.78 is 0. The van der Waals surface area contributed by atoms with Crippen molar-refractivity contribution in [1.29, 1.82) is 0 Å². The highest BCUT2D eigenvalue weighted by Gasteiger charge is 2.23. The highest BCUT2D eigenvalue weighted by atomic mass is 32.1. The van der Waals surface area contributed by atoms with Gasteiger partial charge in [0.15, 0.2) is 5.13 Å². The Kier molecular flexibility index (Phi) is 4.36. The zero-order valence-corrected chi connectivity index (χ0v) is 14.9. The van der Waals surface area contributed by atoms with Crippen molar-refractivity contribution in [2.24, 2.45) is 0 Å². The molecule has 4 heteroatoms. The van der Waals surface area contributed by atoms with E-state index >= 15 is 0 Å². The number of anilines is 1. The van der Waals surface area contributed by atoms with Crippen molar-refractivity contribution < 1.29 is 4.79 Å². The second kappa shape index (κ2) is 6.81. The molecule has 1 aliphatic carbocycles. The number of benzene rings is 2. The summed E-state index contributed by atoms with van der Waals surface area (Å²) >= 11 is 1.66. The van der Waals surface area contributed by atoms with Gasteiger partial charge in [-0.3, -0.25) is 9.69 Å². The van der Waals surface area contributed by atoms with Crippen LogP contribution in [0.25, 0.3) is 10.8 Å². The molecule has 3 nitrogen and oxygen atoms in total. The fraction of sp³-hybridized carbons (Fsp3) is 0.238. The number of carbonyl (C=O) groups excluding carboxylic acids is 1. The Bertz CT molecular complexity index is 920. The Morgan fingerprint density at radius 2 is 1.96 bits per heavy atom. The number of amides is 1. The lowest BCUT2D eigenvalue weighted by molar-refractivity contribution is 0.0990. The molecule has 4 rings (SSSR count). The van der Waals surface area contributed by atoms with E-state index in [1.165, 1.54) is 23.4 Å². The largest absolute Gasteiger partial charge is 0.280 e. The third kappa shape index (κ3) is 3.10. The molecule has 0 N–H and O–H groups in total. The highest BCUT2D eigenvalue weighted by molar-refractivity contribution is 7.16. The van der Waals surface area contributed by atoms with Crippen LogP contribution in [0.4, 0.5) is 5.13 Å². The first-order valence-electron chi connectivity index (χ1n) is 8.66. The van der Waals surface area contributed by atoms with Gasteiger partial charge in [0.2, 0.25) is 0 Å². The molecule has 25 heavy (non-hydrogen) atoms. The molecule has 1 aromatic heterocycles. The average molecular weight is 348 g/mol. The minimum Gasteiger partial charge on any atom is -0.280 e. The lowest BCUT2D eigenvalue weighted by Crippen LogP contribution is -2.31. The Labute approximate surface area is 151 Å². The van der Waals surface area contributed by atoms with E-state index in [2.05, 4.69) is 12.6 Å². The fourth-order valence-corrected chi connectivity index (χ4v) is 4.46. The number of thiazole rings is 1. The van der Waals surface area contributed by atoms with E-state index in [9.17, 15) is 4.79 Å². The van der Waals surface area contributed by atoms with Gasteiger partial charge in [-0.15, -0.1) is 17.9 Å². The van der Waals surface area contributed by atoms with Gasteiger partial charge in [0.05, 0.1) is 5.69 Å². The predicted molar refractivity (Wildman–Crippen MR) is 105 cm³/mol. The van der Waals surface area contributed by atoms with Gasteiger partial charge >= 0.3 is 0 Å². The molecule has 1 amide bonds. The Balaban J connectivity index is 1.70. The number of hydrogen-bond donors (Lipinski definition) is 0. The summed E-state index contributed by atoms with van der Waals surface area (Å²) in [6, 6.07) is 13.9. The maximum Gasteiger partial charge on any atom is 0.260 e. The monoisotopic (exact) mass is 348 g/mol. The highest BCUT2D eigenvalue weighted by Crippen LogP contribution is 2.32. The molecular weight excluding hydrogens is 328 g/mol. The summed E-state index contributed by atoms with van der Waals surface area (Å²) in [5, 5.41) is 3.01. The van der Waals surface area contributed by atoms with Crippen LogP contribution in [0.1, 0.15) is 33.8 Å². The molecule has 0 atom stereocenters. The van der Waals surface area contributed by atoms with E-state index in [-0.39, 0.29) is 5.91 Å². The fourth-order valence-electron chi connectivity index (χ4n) is 3.31. The summed E-state index contributed by atoms with van der Waals surface area (Å²) in [6.07, 6.45) is 6.28. The molecule has 1 aliphatic rings. The number of aryl methyl sites for hydroxylation is 2. The maximum absolute atomic E-state index is 13.1. The molecular formula is C21H20N2OS. The molecule has 126 valence electrons. The van der Waals surface area contributed by atoms with E-state index in [4.69, 9.17) is 4.98 Å². The van der Waals surface area contributed by atoms with Gasteiger partial charge in [-0.1, -0.05) is 36.4 Å². The second-order valence-corrected chi connectivity index (χ2v) is 7.40. The first-order chi connectivity index (χ1) is 12.3. The van der Waals surface area contributed by atoms with Crippen LogP contribution in [-0.4, -0.2) is 17.4 Å². The van der Waals surface area contributed by atoms with Gasteiger partial charge in [-0.2, -0.15) is 0 Å². The lowest BCUT2D eigenvalue weighted by Gasteiger charge is -2.18. The zero-order valence-electron chi connectivity index (χ0n) is 14.1. The predicted octanol–water partition coefficient (Wildman–Crippen LogP) is 5.01. The summed E-state index contributed by atoms with van der Waals surface area (Å²) in [5.41, 5.74) is 1.86. The molecule has 0 unspecified atom stereocenters. The van der Waals surface area contributed by atoms with Crippen LogP contribution in [0, 0.1) is 0 Å². The Morgan fingerprint density at radius 1 is 1.16 bits per heavy atom. The molecule has 3 aromatic rings. The van der Waals surface area contributed by atoms with E-state index in [1.54, 1.807) is 22.3 Å². The Morgan fingerprint density at radius 3 is 2.76 bits per heavy atom. The van der Waals surface area contributed by atoms with E-state index in [0.717, 1.165) is 28.7 Å². The van der Waals surface area contributed by atoms with Gasteiger partial charge in [0, 0.05) is 17.0 Å². The SMILES string of the molecule is C=CCN(C(=O)c1ccc2ccccc2c1)c1nc2c(s1)CCCC2. The summed E-state index contributed by atoms with van der Waals surface area (Å²) in [5.74, 6) is -0.0169. The lowest BCUT2D eigenvalue weighted by atomic mass is 10.0. The molecule has 0 saturated heterocycles. The minimum atomic E-state index is -0.0169. The van der Waals surface area contributed by atoms with Crippen molar-refractivity contribution in [3.63, 3.8) is 0 Å². The molecule has 0 fully saturated rings. The molecule has 1 heterocycles. The second-order valence-electron chi connectivity index (χ2n) is 6.34. The summed E-state index contributed by atoms with van der Waals surface area (Å²) in [7, 11) is 0. The smallest absolute Gasteiger partial charge is 0.260 e. The molecule has 0 saturated carbocycles. The molecule has 0 spiro atoms. The van der Waals surface area contributed by atoms with Gasteiger partial charge in [0.25, 0.3) is 5.91 Å². The topological polar surface area (TPSA) is 33.2 Å². The van der Waals surface area contributed by atoms with Crippen LogP contribution in [-0.2, 0) is 12.8 Å². The van der Waals surface area contributed by atoms with Crippen molar-refractivity contribution >= 4 is 33.1 Å². The number of nitrogens with zero attached hydrogens (tertiary/aromatic N) is 2.